The van der Waals surface area contributed by atoms with E-state index in [2.05, 4.69) is 15.3 Å². The Morgan fingerprint density at radius 2 is 1.89 bits per heavy atom. The van der Waals surface area contributed by atoms with Crippen molar-refractivity contribution in [3.8, 4) is 0 Å². The van der Waals surface area contributed by atoms with Crippen molar-refractivity contribution in [2.45, 2.75) is 18.5 Å². The van der Waals surface area contributed by atoms with Crippen molar-refractivity contribution in [1.82, 2.24) is 19.7 Å². The molecule has 2 atom stereocenters. The number of aromatic nitrogens is 3. The molecular weight excluding hydrogens is 462 g/mol. The van der Waals surface area contributed by atoms with E-state index in [0.717, 1.165) is 28.8 Å². The van der Waals surface area contributed by atoms with Crippen molar-refractivity contribution >= 4 is 26.1 Å². The number of hydrogen-bond acceptors (Lipinski definition) is 6. The van der Waals surface area contributed by atoms with E-state index in [-0.39, 0.29) is 22.5 Å². The maximum absolute atomic E-state index is 13.5. The molecule has 2 unspecified atom stereocenters. The molecule has 0 amide bonds. The second kappa shape index (κ2) is 7.58. The van der Waals surface area contributed by atoms with Crippen LogP contribution in [0, 0.1) is 0 Å². The van der Waals surface area contributed by atoms with Crippen LogP contribution in [0.15, 0.2) is 83.2 Å². The third kappa shape index (κ3) is 3.37. The Hall–Kier alpha value is -3.85. The predicted octanol–water partition coefficient (Wildman–Crippen LogP) is 2.74. The Balaban J connectivity index is 1.65. The highest BCUT2D eigenvalue weighted by Crippen LogP contribution is 2.47. The van der Waals surface area contributed by atoms with Gasteiger partial charge in [-0.05, 0) is 36.3 Å². The van der Waals surface area contributed by atoms with Gasteiger partial charge in [-0.25, -0.2) is 8.42 Å². The van der Waals surface area contributed by atoms with Gasteiger partial charge >= 0.3 is 0 Å². The molecule has 1 aromatic carbocycles. The number of hydrogen-bond donors (Lipinski definition) is 1. The van der Waals surface area contributed by atoms with Crippen LogP contribution in [-0.2, 0) is 23.9 Å². The van der Waals surface area contributed by atoms with Gasteiger partial charge in [0.1, 0.15) is 0 Å². The predicted molar refractivity (Wildman–Crippen MR) is 136 cm³/mol. The SMILES string of the molecule is Cn1cc(C2CC3C4=C(N2)c2c(ccn(C)c2=O)C(S(C)(=O)=O)=CC4=CN3c2ccccc2)cn1. The second-order valence-electron chi connectivity index (χ2n) is 9.31. The Bertz CT molecular complexity index is 1630. The third-order valence-electron chi connectivity index (χ3n) is 6.96. The van der Waals surface area contributed by atoms with Crippen molar-refractivity contribution in [2.24, 2.45) is 14.1 Å². The van der Waals surface area contributed by atoms with Crippen LogP contribution in [0.2, 0.25) is 0 Å². The van der Waals surface area contributed by atoms with Crippen LogP contribution in [0.4, 0.5) is 5.69 Å². The quantitative estimate of drug-likeness (QED) is 0.611. The summed E-state index contributed by atoms with van der Waals surface area (Å²) in [7, 11) is -0.0580. The van der Waals surface area contributed by atoms with E-state index < -0.39 is 9.84 Å². The van der Waals surface area contributed by atoms with Gasteiger partial charge in [0.05, 0.1) is 34.4 Å². The van der Waals surface area contributed by atoms with Crippen LogP contribution in [-0.4, -0.2) is 35.1 Å². The Kier molecular flexibility index (Phi) is 4.69. The van der Waals surface area contributed by atoms with Gasteiger partial charge in [-0.3, -0.25) is 9.48 Å². The van der Waals surface area contributed by atoms with Crippen molar-refractivity contribution in [3.05, 3.63) is 105 Å². The maximum atomic E-state index is 13.5. The maximum Gasteiger partial charge on any atom is 0.260 e. The van der Waals surface area contributed by atoms with Crippen molar-refractivity contribution in [2.75, 3.05) is 11.2 Å². The number of aryl methyl sites for hydroxylation is 2. The van der Waals surface area contributed by atoms with E-state index in [9.17, 15) is 13.2 Å². The second-order valence-corrected chi connectivity index (χ2v) is 11.3. The molecule has 3 aromatic rings. The van der Waals surface area contributed by atoms with E-state index in [1.165, 1.54) is 10.8 Å². The first-order valence-electron chi connectivity index (χ1n) is 11.4. The van der Waals surface area contributed by atoms with Crippen LogP contribution in [0.25, 0.3) is 10.6 Å². The fraction of sp³-hybridized carbons (Fsp3) is 0.231. The molecule has 178 valence electrons. The summed E-state index contributed by atoms with van der Waals surface area (Å²) in [6.45, 7) is 0. The summed E-state index contributed by atoms with van der Waals surface area (Å²) >= 11 is 0. The van der Waals surface area contributed by atoms with Gasteiger partial charge in [0.2, 0.25) is 0 Å². The summed E-state index contributed by atoms with van der Waals surface area (Å²) in [6, 6.07) is 11.6. The molecular formula is C26H25N5O3S. The molecule has 0 radical (unpaired) electrons. The normalized spacial score (nSPS) is 21.1. The number of allylic oxidation sites excluding steroid dienone is 1. The lowest BCUT2D eigenvalue weighted by Gasteiger charge is -2.37. The minimum atomic E-state index is -3.62. The molecule has 2 aromatic heterocycles. The first kappa shape index (κ1) is 21.7. The molecule has 1 aliphatic carbocycles. The highest BCUT2D eigenvalue weighted by atomic mass is 32.2. The summed E-state index contributed by atoms with van der Waals surface area (Å²) in [5, 5.41) is 7.96. The summed E-state index contributed by atoms with van der Waals surface area (Å²) in [6.07, 6.45) is 11.1. The summed E-state index contributed by atoms with van der Waals surface area (Å²) in [4.78, 5) is 15.9. The first-order valence-corrected chi connectivity index (χ1v) is 13.3. The van der Waals surface area contributed by atoms with Crippen molar-refractivity contribution in [3.63, 3.8) is 0 Å². The van der Waals surface area contributed by atoms with Crippen molar-refractivity contribution in [1.29, 1.82) is 0 Å². The molecule has 3 aliphatic rings. The molecule has 4 heterocycles. The number of pyridine rings is 1. The van der Waals surface area contributed by atoms with E-state index in [1.807, 2.05) is 56.0 Å². The van der Waals surface area contributed by atoms with E-state index in [1.54, 1.807) is 30.1 Å². The number of anilines is 1. The van der Waals surface area contributed by atoms with Crippen molar-refractivity contribution < 1.29 is 8.42 Å². The minimum Gasteiger partial charge on any atom is -0.377 e. The number of rotatable bonds is 3. The molecule has 35 heavy (non-hydrogen) atoms. The summed E-state index contributed by atoms with van der Waals surface area (Å²) < 4.78 is 29.2. The number of para-hydroxylation sites is 1. The van der Waals surface area contributed by atoms with E-state index >= 15 is 0 Å². The Morgan fingerprint density at radius 1 is 1.11 bits per heavy atom. The Labute approximate surface area is 203 Å². The van der Waals surface area contributed by atoms with Gasteiger partial charge < -0.3 is 14.8 Å². The van der Waals surface area contributed by atoms with Crippen LogP contribution in [0.3, 0.4) is 0 Å². The fourth-order valence-electron chi connectivity index (χ4n) is 5.33. The molecule has 0 spiro atoms. The van der Waals surface area contributed by atoms with Gasteiger partial charge in [-0.1, -0.05) is 18.2 Å². The summed E-state index contributed by atoms with van der Waals surface area (Å²) in [5.74, 6) is 0. The molecule has 0 fully saturated rings. The lowest BCUT2D eigenvalue weighted by atomic mass is 9.86. The molecule has 0 saturated carbocycles. The standard InChI is InChI=1S/C26H25N5O3S/c1-29-10-9-19-22(35(3,33)34)11-16-15-31(18-7-5-4-6-8-18)21-12-20(17-13-27-30(2)14-17)28-25(23(16)21)24(19)26(29)32/h4-11,13-15,20-21,28H,12H2,1-3H3. The molecule has 0 bridgehead atoms. The monoisotopic (exact) mass is 487 g/mol. The zero-order valence-electron chi connectivity index (χ0n) is 19.6. The molecule has 2 aliphatic heterocycles. The largest absolute Gasteiger partial charge is 0.377 e. The number of sulfone groups is 1. The molecule has 0 saturated heterocycles. The molecule has 1 N–H and O–H groups in total. The average Bonchev–Trinajstić information content (AvgIpc) is 3.38. The van der Waals surface area contributed by atoms with Gasteiger partial charge in [0.25, 0.3) is 5.56 Å². The smallest absolute Gasteiger partial charge is 0.260 e. The van der Waals surface area contributed by atoms with Crippen LogP contribution >= 0.6 is 0 Å². The third-order valence-corrected chi connectivity index (χ3v) is 8.09. The lowest BCUT2D eigenvalue weighted by molar-refractivity contribution is 0.510. The van der Waals surface area contributed by atoms with E-state index in [0.29, 0.717) is 16.8 Å². The molecule has 8 nitrogen and oxygen atoms in total. The van der Waals surface area contributed by atoms with Gasteiger partial charge in [-0.2, -0.15) is 5.10 Å². The lowest BCUT2D eigenvalue weighted by Crippen LogP contribution is -2.40. The van der Waals surface area contributed by atoms with Crippen LogP contribution in [0.5, 0.6) is 0 Å². The zero-order valence-corrected chi connectivity index (χ0v) is 20.5. The average molecular weight is 488 g/mol. The number of fused-ring (bicyclic) bond motifs is 2. The van der Waals surface area contributed by atoms with E-state index in [4.69, 9.17) is 0 Å². The van der Waals surface area contributed by atoms with Gasteiger partial charge in [0.15, 0.2) is 9.84 Å². The summed E-state index contributed by atoms with van der Waals surface area (Å²) in [5.41, 5.74) is 5.02. The van der Waals surface area contributed by atoms with Gasteiger partial charge in [-0.15, -0.1) is 0 Å². The zero-order chi connectivity index (χ0) is 24.5. The van der Waals surface area contributed by atoms with Crippen LogP contribution in [0.1, 0.15) is 29.2 Å². The fourth-order valence-corrected chi connectivity index (χ4v) is 6.25. The first-order chi connectivity index (χ1) is 16.7. The number of nitrogens with zero attached hydrogens (tertiary/aromatic N) is 4. The highest BCUT2D eigenvalue weighted by molar-refractivity contribution is 8.00. The minimum absolute atomic E-state index is 0.0817. The Morgan fingerprint density at radius 3 is 2.57 bits per heavy atom. The number of nitrogens with one attached hydrogen (secondary N) is 1. The molecule has 9 heteroatoms. The van der Waals surface area contributed by atoms with Gasteiger partial charge in [0, 0.05) is 61.3 Å². The topological polar surface area (TPSA) is 89.2 Å². The molecule has 6 rings (SSSR count). The van der Waals surface area contributed by atoms with Crippen LogP contribution < -0.4 is 15.8 Å². The number of benzene rings is 1. The highest BCUT2D eigenvalue weighted by Gasteiger charge is 2.42.